The largest absolute Gasteiger partial charge is 0.494 e. The lowest BCUT2D eigenvalue weighted by Crippen LogP contribution is -2.38. The fourth-order valence-corrected chi connectivity index (χ4v) is 2.69. The Kier molecular flexibility index (Phi) is 4.51. The average molecular weight is 325 g/mol. The molecule has 1 aliphatic rings. The molecule has 0 aliphatic carbocycles. The lowest BCUT2D eigenvalue weighted by molar-refractivity contribution is -0.125. The van der Waals surface area contributed by atoms with Crippen LogP contribution in [0.15, 0.2) is 42.5 Å². The molecule has 0 bridgehead atoms. The summed E-state index contributed by atoms with van der Waals surface area (Å²) in [5, 5.41) is 2.78. The van der Waals surface area contributed by atoms with Crippen LogP contribution in [0.3, 0.4) is 0 Å². The fraction of sp³-hybridized carbons (Fsp3) is 0.263. The van der Waals surface area contributed by atoms with Gasteiger partial charge in [0.1, 0.15) is 5.75 Å². The van der Waals surface area contributed by atoms with Gasteiger partial charge in [-0.2, -0.15) is 0 Å². The van der Waals surface area contributed by atoms with E-state index < -0.39 is 12.1 Å². The SMILES string of the molecule is CCOc1ccc(NC(=O)C2Cc3cc(C)ccc3C(=O)O2)cc1. The van der Waals surface area contributed by atoms with E-state index >= 15 is 0 Å². The van der Waals surface area contributed by atoms with Crippen molar-refractivity contribution in [3.8, 4) is 5.75 Å². The molecule has 24 heavy (non-hydrogen) atoms. The van der Waals surface area contributed by atoms with Gasteiger partial charge in [0.15, 0.2) is 6.10 Å². The number of fused-ring (bicyclic) bond motifs is 1. The predicted molar refractivity (Wildman–Crippen MR) is 90.3 cm³/mol. The summed E-state index contributed by atoms with van der Waals surface area (Å²) >= 11 is 0. The topological polar surface area (TPSA) is 64.6 Å². The molecule has 0 saturated heterocycles. The van der Waals surface area contributed by atoms with Crippen LogP contribution in [0.5, 0.6) is 5.75 Å². The van der Waals surface area contributed by atoms with Crippen LogP contribution in [-0.4, -0.2) is 24.6 Å². The standard InChI is InChI=1S/C19H19NO4/c1-3-23-15-7-5-14(6-8-15)20-18(21)17-11-13-10-12(2)4-9-16(13)19(22)24-17/h4-10,17H,3,11H2,1-2H3,(H,20,21). The van der Waals surface area contributed by atoms with Gasteiger partial charge in [-0.1, -0.05) is 17.7 Å². The molecule has 2 aromatic carbocycles. The monoisotopic (exact) mass is 325 g/mol. The molecule has 2 aromatic rings. The number of aryl methyl sites for hydroxylation is 1. The Morgan fingerprint density at radius 1 is 1.25 bits per heavy atom. The number of rotatable bonds is 4. The first-order chi connectivity index (χ1) is 11.6. The Balaban J connectivity index is 1.70. The molecule has 3 rings (SSSR count). The molecule has 124 valence electrons. The molecule has 1 N–H and O–H groups in total. The molecule has 0 radical (unpaired) electrons. The minimum atomic E-state index is -0.821. The highest BCUT2D eigenvalue weighted by molar-refractivity contribution is 6.00. The Hall–Kier alpha value is -2.82. The number of ether oxygens (including phenoxy) is 2. The summed E-state index contributed by atoms with van der Waals surface area (Å²) in [5.41, 5.74) is 3.06. The minimum absolute atomic E-state index is 0.334. The maximum absolute atomic E-state index is 12.4. The van der Waals surface area contributed by atoms with Crippen molar-refractivity contribution in [2.24, 2.45) is 0 Å². The number of amides is 1. The van der Waals surface area contributed by atoms with Crippen LogP contribution in [0.2, 0.25) is 0 Å². The zero-order valence-electron chi connectivity index (χ0n) is 13.7. The van der Waals surface area contributed by atoms with Gasteiger partial charge in [0.2, 0.25) is 0 Å². The predicted octanol–water partition coefficient (Wildman–Crippen LogP) is 3.11. The van der Waals surface area contributed by atoms with Crippen molar-refractivity contribution < 1.29 is 19.1 Å². The molecule has 1 unspecified atom stereocenters. The number of hydrogen-bond acceptors (Lipinski definition) is 4. The van der Waals surface area contributed by atoms with Crippen LogP contribution in [-0.2, 0) is 16.0 Å². The van der Waals surface area contributed by atoms with Crippen LogP contribution >= 0.6 is 0 Å². The molecule has 0 spiro atoms. The van der Waals surface area contributed by atoms with E-state index in [4.69, 9.17) is 9.47 Å². The molecule has 0 fully saturated rings. The number of esters is 1. The maximum Gasteiger partial charge on any atom is 0.339 e. The van der Waals surface area contributed by atoms with E-state index in [0.29, 0.717) is 24.3 Å². The highest BCUT2D eigenvalue weighted by atomic mass is 16.5. The third-order valence-corrected chi connectivity index (χ3v) is 3.86. The zero-order valence-corrected chi connectivity index (χ0v) is 13.7. The lowest BCUT2D eigenvalue weighted by atomic mass is 9.96. The summed E-state index contributed by atoms with van der Waals surface area (Å²) in [5.74, 6) is -0.0493. The molecule has 0 saturated carbocycles. The second-order valence-electron chi connectivity index (χ2n) is 5.71. The summed E-state index contributed by atoms with van der Waals surface area (Å²) in [4.78, 5) is 24.5. The Morgan fingerprint density at radius 2 is 2.00 bits per heavy atom. The Labute approximate surface area is 140 Å². The minimum Gasteiger partial charge on any atom is -0.494 e. The molecule has 5 heteroatoms. The van der Waals surface area contributed by atoms with Gasteiger partial charge in [-0.25, -0.2) is 4.79 Å². The number of nitrogens with one attached hydrogen (secondary N) is 1. The van der Waals surface area contributed by atoms with Gasteiger partial charge in [0, 0.05) is 12.1 Å². The number of cyclic esters (lactones) is 1. The summed E-state index contributed by atoms with van der Waals surface area (Å²) in [6.07, 6.45) is -0.440. The molecule has 5 nitrogen and oxygen atoms in total. The third kappa shape index (κ3) is 3.40. The second kappa shape index (κ2) is 6.74. The van der Waals surface area contributed by atoms with Crippen molar-refractivity contribution in [3.63, 3.8) is 0 Å². The van der Waals surface area contributed by atoms with E-state index in [-0.39, 0.29) is 5.91 Å². The summed E-state index contributed by atoms with van der Waals surface area (Å²) in [6, 6.07) is 12.6. The summed E-state index contributed by atoms with van der Waals surface area (Å²) in [6.45, 7) is 4.45. The number of carbonyl (C=O) groups is 2. The smallest absolute Gasteiger partial charge is 0.339 e. The molecule has 1 atom stereocenters. The van der Waals surface area contributed by atoms with Crippen molar-refractivity contribution in [3.05, 3.63) is 59.2 Å². The van der Waals surface area contributed by atoms with Crippen LogP contribution in [0, 0.1) is 6.92 Å². The van der Waals surface area contributed by atoms with Gasteiger partial charge < -0.3 is 14.8 Å². The molecule has 1 aliphatic heterocycles. The van der Waals surface area contributed by atoms with Crippen molar-refractivity contribution in [2.45, 2.75) is 26.4 Å². The van der Waals surface area contributed by atoms with Gasteiger partial charge in [-0.3, -0.25) is 4.79 Å². The first kappa shape index (κ1) is 16.1. The average Bonchev–Trinajstić information content (AvgIpc) is 2.56. The highest BCUT2D eigenvalue weighted by Gasteiger charge is 2.31. The first-order valence-electron chi connectivity index (χ1n) is 7.91. The van der Waals surface area contributed by atoms with E-state index in [1.807, 2.05) is 26.0 Å². The highest BCUT2D eigenvalue weighted by Crippen LogP contribution is 2.23. The Bertz CT molecular complexity index is 767. The molecular weight excluding hydrogens is 306 g/mol. The van der Waals surface area contributed by atoms with E-state index in [0.717, 1.165) is 16.9 Å². The summed E-state index contributed by atoms with van der Waals surface area (Å²) in [7, 11) is 0. The van der Waals surface area contributed by atoms with Crippen molar-refractivity contribution in [2.75, 3.05) is 11.9 Å². The van der Waals surface area contributed by atoms with Crippen molar-refractivity contribution in [1.29, 1.82) is 0 Å². The second-order valence-corrected chi connectivity index (χ2v) is 5.71. The van der Waals surface area contributed by atoms with Crippen LogP contribution in [0.1, 0.15) is 28.4 Å². The van der Waals surface area contributed by atoms with Gasteiger partial charge in [-0.15, -0.1) is 0 Å². The summed E-state index contributed by atoms with van der Waals surface area (Å²) < 4.78 is 10.6. The normalized spacial score (nSPS) is 16.1. The quantitative estimate of drug-likeness (QED) is 0.877. The molecule has 0 aromatic heterocycles. The van der Waals surface area contributed by atoms with Crippen LogP contribution in [0.25, 0.3) is 0 Å². The number of benzene rings is 2. The van der Waals surface area contributed by atoms with E-state index in [2.05, 4.69) is 5.32 Å². The van der Waals surface area contributed by atoms with E-state index in [1.165, 1.54) is 0 Å². The number of anilines is 1. The first-order valence-corrected chi connectivity index (χ1v) is 7.91. The number of carbonyl (C=O) groups excluding carboxylic acids is 2. The Morgan fingerprint density at radius 3 is 2.71 bits per heavy atom. The number of hydrogen-bond donors (Lipinski definition) is 1. The van der Waals surface area contributed by atoms with Crippen molar-refractivity contribution >= 4 is 17.6 Å². The van der Waals surface area contributed by atoms with Gasteiger partial charge in [0.25, 0.3) is 5.91 Å². The van der Waals surface area contributed by atoms with Crippen molar-refractivity contribution in [1.82, 2.24) is 0 Å². The van der Waals surface area contributed by atoms with Gasteiger partial charge in [-0.05, 0) is 49.7 Å². The molecule has 1 heterocycles. The van der Waals surface area contributed by atoms with Crippen LogP contribution in [0.4, 0.5) is 5.69 Å². The van der Waals surface area contributed by atoms with E-state index in [9.17, 15) is 9.59 Å². The van der Waals surface area contributed by atoms with Gasteiger partial charge >= 0.3 is 5.97 Å². The maximum atomic E-state index is 12.4. The van der Waals surface area contributed by atoms with E-state index in [1.54, 1.807) is 30.3 Å². The lowest BCUT2D eigenvalue weighted by Gasteiger charge is -2.24. The molecule has 1 amide bonds. The fourth-order valence-electron chi connectivity index (χ4n) is 2.69. The van der Waals surface area contributed by atoms with Crippen LogP contribution < -0.4 is 10.1 Å². The zero-order chi connectivity index (χ0) is 17.1. The third-order valence-electron chi connectivity index (χ3n) is 3.86. The molecular formula is C19H19NO4. The van der Waals surface area contributed by atoms with Gasteiger partial charge in [0.05, 0.1) is 12.2 Å².